The van der Waals surface area contributed by atoms with Crippen LogP contribution < -0.4 is 5.32 Å². The molecule has 1 amide bonds. The van der Waals surface area contributed by atoms with E-state index in [4.69, 9.17) is 16.0 Å². The molecule has 1 aliphatic rings. The SMILES string of the molecule is Cc1ccc(NC(=O)CN(Cc2ccco2)[C@H]2CCS(=O)(=O)C2)cc1Cl. The van der Waals surface area contributed by atoms with E-state index in [2.05, 4.69) is 5.32 Å². The number of anilines is 1. The smallest absolute Gasteiger partial charge is 0.238 e. The minimum Gasteiger partial charge on any atom is -0.468 e. The Hall–Kier alpha value is -1.83. The van der Waals surface area contributed by atoms with Crippen LogP contribution in [0.1, 0.15) is 17.7 Å². The fourth-order valence-electron chi connectivity index (χ4n) is 3.04. The van der Waals surface area contributed by atoms with Gasteiger partial charge < -0.3 is 9.73 Å². The number of hydrogen-bond donors (Lipinski definition) is 1. The normalized spacial score (nSPS) is 19.0. The van der Waals surface area contributed by atoms with E-state index in [1.54, 1.807) is 24.5 Å². The van der Waals surface area contributed by atoms with Gasteiger partial charge in [0.2, 0.25) is 5.91 Å². The molecule has 2 aromatic rings. The molecule has 26 heavy (non-hydrogen) atoms. The summed E-state index contributed by atoms with van der Waals surface area (Å²) in [6.45, 7) is 2.35. The van der Waals surface area contributed by atoms with Crippen molar-refractivity contribution in [1.82, 2.24) is 4.90 Å². The van der Waals surface area contributed by atoms with Crippen molar-refractivity contribution in [2.75, 3.05) is 23.4 Å². The summed E-state index contributed by atoms with van der Waals surface area (Å²) in [6, 6.07) is 8.71. The quantitative estimate of drug-likeness (QED) is 0.812. The van der Waals surface area contributed by atoms with Crippen molar-refractivity contribution in [1.29, 1.82) is 0 Å². The fraction of sp³-hybridized carbons (Fsp3) is 0.389. The van der Waals surface area contributed by atoms with E-state index in [0.717, 1.165) is 5.56 Å². The second-order valence-corrected chi connectivity index (χ2v) is 9.19. The zero-order valence-corrected chi connectivity index (χ0v) is 16.0. The highest BCUT2D eigenvalue weighted by Gasteiger charge is 2.33. The number of benzene rings is 1. The van der Waals surface area contributed by atoms with E-state index < -0.39 is 9.84 Å². The van der Waals surface area contributed by atoms with Crippen LogP contribution in [0.5, 0.6) is 0 Å². The third-order valence-corrected chi connectivity index (χ3v) is 6.62. The third kappa shape index (κ3) is 4.87. The predicted molar refractivity (Wildman–Crippen MR) is 101 cm³/mol. The Labute approximate surface area is 158 Å². The molecule has 1 aromatic carbocycles. The van der Waals surface area contributed by atoms with Crippen LogP contribution >= 0.6 is 11.6 Å². The molecule has 1 N–H and O–H groups in total. The van der Waals surface area contributed by atoms with E-state index in [9.17, 15) is 13.2 Å². The number of halogens is 1. The van der Waals surface area contributed by atoms with Gasteiger partial charge in [-0.15, -0.1) is 0 Å². The molecule has 0 spiro atoms. The molecule has 0 saturated carbocycles. The minimum absolute atomic E-state index is 0.0668. The first-order valence-electron chi connectivity index (χ1n) is 8.35. The first kappa shape index (κ1) is 18.9. The molecule has 2 heterocycles. The van der Waals surface area contributed by atoms with Crippen LogP contribution in [0.15, 0.2) is 41.0 Å². The van der Waals surface area contributed by atoms with Crippen molar-refractivity contribution >= 4 is 33.0 Å². The van der Waals surface area contributed by atoms with Gasteiger partial charge in [-0.25, -0.2) is 8.42 Å². The molecule has 1 aliphatic heterocycles. The molecule has 0 aliphatic carbocycles. The average molecular weight is 397 g/mol. The molecule has 3 rings (SSSR count). The average Bonchev–Trinajstić information content (AvgIpc) is 3.19. The third-order valence-electron chi connectivity index (χ3n) is 4.47. The van der Waals surface area contributed by atoms with Gasteiger partial charge >= 0.3 is 0 Å². The number of aryl methyl sites for hydroxylation is 1. The molecule has 1 atom stereocenters. The molecular formula is C18H21ClN2O4S. The lowest BCUT2D eigenvalue weighted by molar-refractivity contribution is -0.118. The van der Waals surface area contributed by atoms with E-state index in [-0.39, 0.29) is 30.0 Å². The Morgan fingerprint density at radius 2 is 2.19 bits per heavy atom. The maximum Gasteiger partial charge on any atom is 0.238 e. The summed E-state index contributed by atoms with van der Waals surface area (Å²) in [6.07, 6.45) is 2.08. The van der Waals surface area contributed by atoms with Crippen LogP contribution in [-0.4, -0.2) is 43.3 Å². The molecule has 140 valence electrons. The standard InChI is InChI=1S/C18H21ClN2O4S/c1-13-4-5-14(9-17(13)19)20-18(22)11-21(10-16-3-2-7-25-16)15-6-8-26(23,24)12-15/h2-5,7,9,15H,6,8,10-12H2,1H3,(H,20,22)/t15-/m0/s1. The van der Waals surface area contributed by atoms with Gasteiger partial charge in [-0.1, -0.05) is 17.7 Å². The van der Waals surface area contributed by atoms with Crippen molar-refractivity contribution in [3.63, 3.8) is 0 Å². The maximum atomic E-state index is 12.5. The maximum absolute atomic E-state index is 12.5. The van der Waals surface area contributed by atoms with Gasteiger partial charge in [0.05, 0.1) is 30.9 Å². The Balaban J connectivity index is 1.69. The molecule has 1 saturated heterocycles. The van der Waals surface area contributed by atoms with Crippen LogP contribution in [0.2, 0.25) is 5.02 Å². The van der Waals surface area contributed by atoms with Crippen LogP contribution in [0, 0.1) is 6.92 Å². The molecule has 0 bridgehead atoms. The van der Waals surface area contributed by atoms with Gasteiger partial charge in [0.15, 0.2) is 9.84 Å². The van der Waals surface area contributed by atoms with E-state index in [1.165, 1.54) is 0 Å². The molecule has 1 aromatic heterocycles. The number of rotatable bonds is 6. The number of furan rings is 1. The number of nitrogens with one attached hydrogen (secondary N) is 1. The highest BCUT2D eigenvalue weighted by molar-refractivity contribution is 7.91. The number of amides is 1. The van der Waals surface area contributed by atoms with Crippen molar-refractivity contribution in [3.05, 3.63) is 52.9 Å². The topological polar surface area (TPSA) is 79.6 Å². The molecule has 0 unspecified atom stereocenters. The van der Waals surface area contributed by atoms with Crippen LogP contribution in [-0.2, 0) is 21.2 Å². The Morgan fingerprint density at radius 3 is 2.81 bits per heavy atom. The molecule has 1 fully saturated rings. The molecule has 0 radical (unpaired) electrons. The van der Waals surface area contributed by atoms with Gasteiger partial charge in [-0.05, 0) is 43.2 Å². The summed E-state index contributed by atoms with van der Waals surface area (Å²) in [5.74, 6) is 0.694. The van der Waals surface area contributed by atoms with E-state index >= 15 is 0 Å². The fourth-order valence-corrected chi connectivity index (χ4v) is 4.98. The predicted octanol–water partition coefficient (Wildman–Crippen LogP) is 2.87. The summed E-state index contributed by atoms with van der Waals surface area (Å²) in [5.41, 5.74) is 1.54. The summed E-state index contributed by atoms with van der Waals surface area (Å²) in [5, 5.41) is 3.40. The van der Waals surface area contributed by atoms with Gasteiger partial charge in [0.1, 0.15) is 5.76 Å². The Bertz CT molecular complexity index is 881. The summed E-state index contributed by atoms with van der Waals surface area (Å²) >= 11 is 6.09. The highest BCUT2D eigenvalue weighted by Crippen LogP contribution is 2.22. The van der Waals surface area contributed by atoms with Crippen molar-refractivity contribution in [2.45, 2.75) is 25.9 Å². The van der Waals surface area contributed by atoms with Gasteiger partial charge in [0, 0.05) is 16.8 Å². The summed E-state index contributed by atoms with van der Waals surface area (Å²) in [4.78, 5) is 14.3. The Morgan fingerprint density at radius 1 is 1.38 bits per heavy atom. The summed E-state index contributed by atoms with van der Waals surface area (Å²) < 4.78 is 29.0. The number of carbonyl (C=O) groups is 1. The summed E-state index contributed by atoms with van der Waals surface area (Å²) in [7, 11) is -3.05. The molecular weight excluding hydrogens is 376 g/mol. The number of nitrogens with zero attached hydrogens (tertiary/aromatic N) is 1. The zero-order valence-electron chi connectivity index (χ0n) is 14.4. The first-order valence-corrected chi connectivity index (χ1v) is 10.6. The molecule has 8 heteroatoms. The van der Waals surface area contributed by atoms with Crippen molar-refractivity contribution < 1.29 is 17.6 Å². The van der Waals surface area contributed by atoms with Gasteiger partial charge in [-0.2, -0.15) is 0 Å². The minimum atomic E-state index is -3.05. The van der Waals surface area contributed by atoms with Crippen molar-refractivity contribution in [3.8, 4) is 0 Å². The highest BCUT2D eigenvalue weighted by atomic mass is 35.5. The van der Waals surface area contributed by atoms with Gasteiger partial charge in [-0.3, -0.25) is 9.69 Å². The lowest BCUT2D eigenvalue weighted by Gasteiger charge is -2.26. The second kappa shape index (κ2) is 7.82. The second-order valence-electron chi connectivity index (χ2n) is 6.55. The molecule has 6 nitrogen and oxygen atoms in total. The van der Waals surface area contributed by atoms with Gasteiger partial charge in [0.25, 0.3) is 0 Å². The Kier molecular flexibility index (Phi) is 5.70. The van der Waals surface area contributed by atoms with Crippen LogP contribution in [0.3, 0.4) is 0 Å². The first-order chi connectivity index (χ1) is 12.3. The lowest BCUT2D eigenvalue weighted by Crippen LogP contribution is -2.41. The van der Waals surface area contributed by atoms with Crippen LogP contribution in [0.4, 0.5) is 5.69 Å². The number of carbonyl (C=O) groups excluding carboxylic acids is 1. The number of hydrogen-bond acceptors (Lipinski definition) is 5. The monoisotopic (exact) mass is 396 g/mol. The van der Waals surface area contributed by atoms with Crippen molar-refractivity contribution in [2.24, 2.45) is 0 Å². The zero-order chi connectivity index (χ0) is 18.7. The largest absolute Gasteiger partial charge is 0.468 e. The van der Waals surface area contributed by atoms with E-state index in [0.29, 0.717) is 29.4 Å². The van der Waals surface area contributed by atoms with E-state index in [1.807, 2.05) is 24.0 Å². The number of sulfone groups is 1. The lowest BCUT2D eigenvalue weighted by atomic mass is 10.2. The van der Waals surface area contributed by atoms with Crippen LogP contribution in [0.25, 0.3) is 0 Å².